The molecule has 1 amide bonds. The Labute approximate surface area is 149 Å². The number of amides is 1. The molecule has 0 bridgehead atoms. The lowest BCUT2D eigenvalue weighted by Crippen LogP contribution is -2.46. The highest BCUT2D eigenvalue weighted by molar-refractivity contribution is 5.81. The third kappa shape index (κ3) is 12.0. The van der Waals surface area contributed by atoms with E-state index in [9.17, 15) is 9.59 Å². The Hall–Kier alpha value is -2.03. The molecule has 0 spiro atoms. The van der Waals surface area contributed by atoms with Gasteiger partial charge in [-0.1, -0.05) is 0 Å². The highest BCUT2D eigenvalue weighted by Gasteiger charge is 2.28. The standard InChI is InChI=1S/C16H32N4O5/c1-15(2,3)24-12(21)11(19-14(22)25-16(4,5)6)9-8-10-18-13(17-7)20-23/h11,23H,8-10H2,1-7H3,(H,19,22)(H2,17,18,20)/t11-/m0/s1. The average molecular weight is 360 g/mol. The molecule has 0 aliphatic heterocycles. The van der Waals surface area contributed by atoms with Crippen LogP contribution in [0.4, 0.5) is 4.79 Å². The summed E-state index contributed by atoms with van der Waals surface area (Å²) in [6, 6.07) is -0.833. The van der Waals surface area contributed by atoms with Crippen LogP contribution in [0.2, 0.25) is 0 Å². The minimum atomic E-state index is -0.833. The van der Waals surface area contributed by atoms with Gasteiger partial charge in [-0.05, 0) is 54.4 Å². The maximum atomic E-state index is 12.3. The molecule has 0 rings (SSSR count). The fraction of sp³-hybridized carbons (Fsp3) is 0.812. The molecule has 0 aliphatic carbocycles. The summed E-state index contributed by atoms with van der Waals surface area (Å²) in [5.41, 5.74) is 0.585. The van der Waals surface area contributed by atoms with Crippen molar-refractivity contribution in [3.63, 3.8) is 0 Å². The predicted molar refractivity (Wildman–Crippen MR) is 94.5 cm³/mol. The molecule has 9 nitrogen and oxygen atoms in total. The van der Waals surface area contributed by atoms with Crippen LogP contribution in [0.25, 0.3) is 0 Å². The molecule has 0 aromatic heterocycles. The monoisotopic (exact) mass is 360 g/mol. The molecule has 9 heteroatoms. The molecule has 0 aromatic rings. The number of rotatable bonds is 6. The minimum absolute atomic E-state index is 0.217. The van der Waals surface area contributed by atoms with E-state index in [1.54, 1.807) is 41.5 Å². The lowest BCUT2D eigenvalue weighted by molar-refractivity contribution is -0.157. The first-order valence-corrected chi connectivity index (χ1v) is 8.21. The van der Waals surface area contributed by atoms with E-state index < -0.39 is 29.3 Å². The largest absolute Gasteiger partial charge is 0.458 e. The first kappa shape index (κ1) is 23.0. The van der Waals surface area contributed by atoms with Crippen molar-refractivity contribution in [3.05, 3.63) is 0 Å². The summed E-state index contributed by atoms with van der Waals surface area (Å²) in [5, 5.41) is 14.2. The van der Waals surface area contributed by atoms with Crippen LogP contribution in [0.5, 0.6) is 0 Å². The van der Waals surface area contributed by atoms with Crippen LogP contribution in [0.15, 0.2) is 4.99 Å². The normalized spacial score (nSPS) is 13.7. The number of hydrogen-bond donors (Lipinski definition) is 4. The fourth-order valence-electron chi connectivity index (χ4n) is 1.75. The Balaban J connectivity index is 4.73. The Morgan fingerprint density at radius 2 is 1.64 bits per heavy atom. The Bertz CT molecular complexity index is 466. The SMILES string of the molecule is CN=C(NO)NCCC[C@H](NC(=O)OC(C)(C)C)C(=O)OC(C)(C)C. The van der Waals surface area contributed by atoms with E-state index in [0.29, 0.717) is 19.4 Å². The smallest absolute Gasteiger partial charge is 0.408 e. The fourth-order valence-corrected chi connectivity index (χ4v) is 1.75. The van der Waals surface area contributed by atoms with Crippen LogP contribution in [-0.4, -0.2) is 54.1 Å². The van der Waals surface area contributed by atoms with Gasteiger partial charge in [0.25, 0.3) is 0 Å². The van der Waals surface area contributed by atoms with Crippen LogP contribution >= 0.6 is 0 Å². The van der Waals surface area contributed by atoms with Gasteiger partial charge in [0, 0.05) is 13.6 Å². The van der Waals surface area contributed by atoms with Crippen molar-refractivity contribution in [1.29, 1.82) is 0 Å². The summed E-state index contributed by atoms with van der Waals surface area (Å²) < 4.78 is 10.5. The minimum Gasteiger partial charge on any atom is -0.458 e. The van der Waals surface area contributed by atoms with Crippen LogP contribution in [0, 0.1) is 0 Å². The number of esters is 1. The van der Waals surface area contributed by atoms with E-state index in [4.69, 9.17) is 14.7 Å². The molecular formula is C16H32N4O5. The van der Waals surface area contributed by atoms with Crippen molar-refractivity contribution in [2.24, 2.45) is 4.99 Å². The summed E-state index contributed by atoms with van der Waals surface area (Å²) in [5.74, 6) is -0.308. The molecule has 0 aliphatic rings. The molecule has 0 aromatic carbocycles. The van der Waals surface area contributed by atoms with Gasteiger partial charge >= 0.3 is 12.1 Å². The highest BCUT2D eigenvalue weighted by Crippen LogP contribution is 2.12. The molecular weight excluding hydrogens is 328 g/mol. The van der Waals surface area contributed by atoms with Crippen molar-refractivity contribution in [1.82, 2.24) is 16.1 Å². The quantitative estimate of drug-likeness (QED) is 0.186. The molecule has 0 heterocycles. The van der Waals surface area contributed by atoms with E-state index in [0.717, 1.165) is 0 Å². The van der Waals surface area contributed by atoms with Crippen molar-refractivity contribution in [2.45, 2.75) is 71.6 Å². The Morgan fingerprint density at radius 3 is 2.08 bits per heavy atom. The topological polar surface area (TPSA) is 121 Å². The van der Waals surface area contributed by atoms with Gasteiger partial charge in [0.2, 0.25) is 5.96 Å². The average Bonchev–Trinajstić information content (AvgIpc) is 2.42. The predicted octanol–water partition coefficient (Wildman–Crippen LogP) is 1.56. The van der Waals surface area contributed by atoms with Crippen molar-refractivity contribution in [2.75, 3.05) is 13.6 Å². The van der Waals surface area contributed by atoms with Crippen LogP contribution in [0.3, 0.4) is 0 Å². The molecule has 4 N–H and O–H groups in total. The number of nitrogens with zero attached hydrogens (tertiary/aromatic N) is 1. The molecule has 0 fully saturated rings. The number of hydroxylamine groups is 1. The van der Waals surface area contributed by atoms with Gasteiger partial charge in [0.15, 0.2) is 0 Å². The van der Waals surface area contributed by atoms with E-state index in [2.05, 4.69) is 15.6 Å². The number of aliphatic imine (C=N–C) groups is 1. The lowest BCUT2D eigenvalue weighted by atomic mass is 10.1. The second-order valence-electron chi connectivity index (χ2n) is 7.49. The number of ether oxygens (including phenoxy) is 2. The first-order valence-electron chi connectivity index (χ1n) is 8.21. The second-order valence-corrected chi connectivity index (χ2v) is 7.49. The van der Waals surface area contributed by atoms with Gasteiger partial charge in [0.1, 0.15) is 17.2 Å². The summed E-state index contributed by atoms with van der Waals surface area (Å²) in [6.07, 6.45) is 0.188. The van der Waals surface area contributed by atoms with Gasteiger partial charge < -0.3 is 20.1 Å². The van der Waals surface area contributed by atoms with Crippen molar-refractivity contribution < 1.29 is 24.3 Å². The summed E-state index contributed by atoms with van der Waals surface area (Å²) >= 11 is 0. The lowest BCUT2D eigenvalue weighted by Gasteiger charge is -2.26. The molecule has 0 saturated carbocycles. The number of guanidine groups is 1. The number of alkyl carbamates (subject to hydrolysis) is 1. The van der Waals surface area contributed by atoms with Crippen molar-refractivity contribution >= 4 is 18.0 Å². The zero-order valence-electron chi connectivity index (χ0n) is 16.2. The zero-order valence-corrected chi connectivity index (χ0v) is 16.2. The van der Waals surface area contributed by atoms with Gasteiger partial charge in [0.05, 0.1) is 0 Å². The van der Waals surface area contributed by atoms with E-state index >= 15 is 0 Å². The highest BCUT2D eigenvalue weighted by atomic mass is 16.6. The van der Waals surface area contributed by atoms with Crippen molar-refractivity contribution in [3.8, 4) is 0 Å². The van der Waals surface area contributed by atoms with Gasteiger partial charge in [-0.2, -0.15) is 0 Å². The summed E-state index contributed by atoms with van der Waals surface area (Å²) in [6.45, 7) is 10.9. The van der Waals surface area contributed by atoms with E-state index in [1.165, 1.54) is 7.05 Å². The molecule has 1 atom stereocenters. The van der Waals surface area contributed by atoms with Crippen LogP contribution in [0.1, 0.15) is 54.4 Å². The second kappa shape index (κ2) is 10.1. The Morgan fingerprint density at radius 1 is 1.08 bits per heavy atom. The number of hydrogen-bond acceptors (Lipinski definition) is 6. The third-order valence-electron chi connectivity index (χ3n) is 2.67. The maximum Gasteiger partial charge on any atom is 0.408 e. The summed E-state index contributed by atoms with van der Waals surface area (Å²) in [7, 11) is 1.51. The van der Waals surface area contributed by atoms with E-state index in [1.807, 2.05) is 5.48 Å². The van der Waals surface area contributed by atoms with Gasteiger partial charge in [-0.3, -0.25) is 10.2 Å². The molecule has 0 radical (unpaired) electrons. The van der Waals surface area contributed by atoms with E-state index in [-0.39, 0.29) is 5.96 Å². The zero-order chi connectivity index (χ0) is 19.7. The summed E-state index contributed by atoms with van der Waals surface area (Å²) in [4.78, 5) is 28.0. The Kier molecular flexibility index (Phi) is 9.25. The van der Waals surface area contributed by atoms with Gasteiger partial charge in [-0.15, -0.1) is 0 Å². The number of carbonyl (C=O) groups is 2. The number of nitrogens with one attached hydrogen (secondary N) is 3. The maximum absolute atomic E-state index is 12.3. The van der Waals surface area contributed by atoms with Crippen LogP contribution < -0.4 is 16.1 Å². The molecule has 25 heavy (non-hydrogen) atoms. The number of carbonyl (C=O) groups excluding carboxylic acids is 2. The molecule has 0 unspecified atom stereocenters. The van der Waals surface area contributed by atoms with Gasteiger partial charge in [-0.25, -0.2) is 15.1 Å². The molecule has 0 saturated heterocycles. The first-order chi connectivity index (χ1) is 11.4. The van der Waals surface area contributed by atoms with Crippen LogP contribution in [-0.2, 0) is 14.3 Å². The third-order valence-corrected chi connectivity index (χ3v) is 2.67. The molecule has 146 valence electrons.